The van der Waals surface area contributed by atoms with Crippen molar-refractivity contribution in [2.24, 2.45) is 0 Å². The molecule has 7 nitrogen and oxygen atoms in total. The number of hydrogen-bond donors (Lipinski definition) is 0. The van der Waals surface area contributed by atoms with Crippen molar-refractivity contribution < 1.29 is 14.0 Å². The highest BCUT2D eigenvalue weighted by Gasteiger charge is 2.39. The molecule has 146 valence electrons. The van der Waals surface area contributed by atoms with Crippen LogP contribution in [-0.4, -0.2) is 66.4 Å². The van der Waals surface area contributed by atoms with Gasteiger partial charge in [-0.15, -0.1) is 0 Å². The average Bonchev–Trinajstić information content (AvgIpc) is 3.20. The lowest BCUT2D eigenvalue weighted by molar-refractivity contribution is -0.101. The van der Waals surface area contributed by atoms with Gasteiger partial charge in [-0.3, -0.25) is 9.80 Å². The highest BCUT2D eigenvalue weighted by Crippen LogP contribution is 2.33. The lowest BCUT2D eigenvalue weighted by Gasteiger charge is -2.34. The highest BCUT2D eigenvalue weighted by atomic mass is 16.5. The zero-order chi connectivity index (χ0) is 18.5. The molecule has 0 saturated carbocycles. The average molecular weight is 372 g/mol. The molecule has 4 rings (SSSR count). The predicted octanol–water partition coefficient (Wildman–Crippen LogP) is 2.04. The number of ether oxygens (including phenoxy) is 2. The minimum Gasteiger partial charge on any atom is -0.381 e. The normalized spacial score (nSPS) is 21.4. The van der Waals surface area contributed by atoms with Crippen LogP contribution in [0, 0.1) is 0 Å². The van der Waals surface area contributed by atoms with Crippen LogP contribution in [0.5, 0.6) is 0 Å². The summed E-state index contributed by atoms with van der Waals surface area (Å²) in [6.07, 6.45) is 1.53. The second-order valence-corrected chi connectivity index (χ2v) is 7.36. The predicted molar refractivity (Wildman–Crippen MR) is 100 cm³/mol. The first kappa shape index (κ1) is 18.6. The summed E-state index contributed by atoms with van der Waals surface area (Å²) in [7, 11) is 1.72. The molecular formula is C20H28N4O3. The smallest absolute Gasteiger partial charge is 0.240 e. The van der Waals surface area contributed by atoms with Crippen molar-refractivity contribution in [2.45, 2.75) is 31.5 Å². The molecule has 1 aromatic carbocycles. The van der Waals surface area contributed by atoms with Crippen LogP contribution in [0.3, 0.4) is 0 Å². The van der Waals surface area contributed by atoms with E-state index in [1.165, 1.54) is 5.56 Å². The fraction of sp³-hybridized carbons (Fsp3) is 0.600. The minimum absolute atomic E-state index is 0.464. The summed E-state index contributed by atoms with van der Waals surface area (Å²) >= 11 is 0. The Bertz CT molecular complexity index is 707. The van der Waals surface area contributed by atoms with Crippen LogP contribution in [0.2, 0.25) is 0 Å². The molecule has 2 aliphatic rings. The van der Waals surface area contributed by atoms with E-state index in [-0.39, 0.29) is 0 Å². The van der Waals surface area contributed by atoms with Crippen LogP contribution in [-0.2, 0) is 28.2 Å². The fourth-order valence-electron chi connectivity index (χ4n) is 3.86. The van der Waals surface area contributed by atoms with Crippen LogP contribution < -0.4 is 0 Å². The Kier molecular flexibility index (Phi) is 5.83. The van der Waals surface area contributed by atoms with Gasteiger partial charge in [0.05, 0.1) is 6.54 Å². The molecule has 0 spiro atoms. The summed E-state index contributed by atoms with van der Waals surface area (Å²) in [4.78, 5) is 9.51. The van der Waals surface area contributed by atoms with Crippen molar-refractivity contribution in [3.8, 4) is 0 Å². The van der Waals surface area contributed by atoms with E-state index in [2.05, 4.69) is 50.3 Å². The largest absolute Gasteiger partial charge is 0.381 e. The van der Waals surface area contributed by atoms with E-state index in [9.17, 15) is 0 Å². The van der Waals surface area contributed by atoms with Gasteiger partial charge in [-0.1, -0.05) is 35.5 Å². The van der Waals surface area contributed by atoms with Gasteiger partial charge in [0.15, 0.2) is 0 Å². The molecule has 0 bridgehead atoms. The second-order valence-electron chi connectivity index (χ2n) is 7.36. The maximum absolute atomic E-state index is 5.75. The van der Waals surface area contributed by atoms with Gasteiger partial charge >= 0.3 is 0 Å². The fourth-order valence-corrected chi connectivity index (χ4v) is 3.86. The SMILES string of the molecule is COC1(c2noc(CN3CCN(Cc4ccccc4)CC3)n2)CCOCC1. The Morgan fingerprint density at radius 2 is 1.67 bits per heavy atom. The maximum atomic E-state index is 5.75. The summed E-state index contributed by atoms with van der Waals surface area (Å²) in [5.74, 6) is 1.33. The molecule has 0 unspecified atom stereocenters. The molecule has 1 aromatic heterocycles. The summed E-state index contributed by atoms with van der Waals surface area (Å²) < 4.78 is 16.7. The van der Waals surface area contributed by atoms with Gasteiger partial charge in [0.1, 0.15) is 5.60 Å². The van der Waals surface area contributed by atoms with Gasteiger partial charge in [0.2, 0.25) is 11.7 Å². The number of aromatic nitrogens is 2. The van der Waals surface area contributed by atoms with Gasteiger partial charge in [0, 0.05) is 65.9 Å². The van der Waals surface area contributed by atoms with Crippen LogP contribution in [0.25, 0.3) is 0 Å². The third kappa shape index (κ3) is 4.38. The Morgan fingerprint density at radius 3 is 2.33 bits per heavy atom. The van der Waals surface area contributed by atoms with Crippen LogP contribution in [0.4, 0.5) is 0 Å². The summed E-state index contributed by atoms with van der Waals surface area (Å²) in [5, 5.41) is 4.22. The first-order valence-corrected chi connectivity index (χ1v) is 9.72. The number of piperazine rings is 1. The Labute approximate surface area is 160 Å². The quantitative estimate of drug-likeness (QED) is 0.769. The Hall–Kier alpha value is -1.80. The van der Waals surface area contributed by atoms with Gasteiger partial charge in [-0.05, 0) is 5.56 Å². The molecule has 27 heavy (non-hydrogen) atoms. The van der Waals surface area contributed by atoms with Crippen molar-refractivity contribution >= 4 is 0 Å². The number of methoxy groups -OCH3 is 1. The number of nitrogens with zero attached hydrogens (tertiary/aromatic N) is 4. The van der Waals surface area contributed by atoms with E-state index in [1.54, 1.807) is 7.11 Å². The molecule has 2 saturated heterocycles. The van der Waals surface area contributed by atoms with Crippen LogP contribution in [0.1, 0.15) is 30.1 Å². The van der Waals surface area contributed by atoms with Gasteiger partial charge in [0.25, 0.3) is 0 Å². The lowest BCUT2D eigenvalue weighted by Crippen LogP contribution is -2.45. The van der Waals surface area contributed by atoms with Crippen molar-refractivity contribution in [2.75, 3.05) is 46.5 Å². The summed E-state index contributed by atoms with van der Waals surface area (Å²) in [6, 6.07) is 10.6. The van der Waals surface area contributed by atoms with E-state index < -0.39 is 5.60 Å². The van der Waals surface area contributed by atoms with Gasteiger partial charge in [-0.2, -0.15) is 4.98 Å². The number of hydrogen-bond acceptors (Lipinski definition) is 7. The molecule has 0 aliphatic carbocycles. The zero-order valence-corrected chi connectivity index (χ0v) is 16.0. The van der Waals surface area contributed by atoms with Crippen LogP contribution >= 0.6 is 0 Å². The van der Waals surface area contributed by atoms with Gasteiger partial charge < -0.3 is 14.0 Å². The topological polar surface area (TPSA) is 63.9 Å². The Morgan fingerprint density at radius 1 is 1.00 bits per heavy atom. The lowest BCUT2D eigenvalue weighted by atomic mass is 9.93. The standard InChI is InChI=1S/C20H28N4O3/c1-25-20(7-13-26-14-8-20)19-21-18(27-22-19)16-24-11-9-23(10-12-24)15-17-5-3-2-4-6-17/h2-6H,7-16H2,1H3. The monoisotopic (exact) mass is 372 g/mol. The third-order valence-electron chi connectivity index (χ3n) is 5.64. The summed E-state index contributed by atoms with van der Waals surface area (Å²) in [5.41, 5.74) is 0.905. The molecule has 7 heteroatoms. The van der Waals surface area contributed by atoms with E-state index in [4.69, 9.17) is 14.0 Å². The number of rotatable bonds is 6. The highest BCUT2D eigenvalue weighted by molar-refractivity contribution is 5.14. The minimum atomic E-state index is -0.464. The molecule has 0 N–H and O–H groups in total. The number of benzene rings is 1. The first-order chi connectivity index (χ1) is 13.3. The van der Waals surface area contributed by atoms with E-state index in [0.717, 1.165) is 45.6 Å². The van der Waals surface area contributed by atoms with Crippen molar-refractivity contribution in [1.29, 1.82) is 0 Å². The van der Waals surface area contributed by atoms with Gasteiger partial charge in [-0.25, -0.2) is 0 Å². The molecule has 0 radical (unpaired) electrons. The molecule has 2 aromatic rings. The molecule has 3 heterocycles. The van der Waals surface area contributed by atoms with Crippen molar-refractivity contribution in [1.82, 2.24) is 19.9 Å². The van der Waals surface area contributed by atoms with Crippen molar-refractivity contribution in [3.63, 3.8) is 0 Å². The van der Waals surface area contributed by atoms with E-state index >= 15 is 0 Å². The summed E-state index contributed by atoms with van der Waals surface area (Å²) in [6.45, 7) is 7.16. The third-order valence-corrected chi connectivity index (χ3v) is 5.64. The molecule has 0 atom stereocenters. The van der Waals surface area contributed by atoms with Crippen molar-refractivity contribution in [3.05, 3.63) is 47.6 Å². The molecule has 2 fully saturated rings. The first-order valence-electron chi connectivity index (χ1n) is 9.72. The van der Waals surface area contributed by atoms with Crippen LogP contribution in [0.15, 0.2) is 34.9 Å². The second kappa shape index (κ2) is 8.48. The maximum Gasteiger partial charge on any atom is 0.240 e. The zero-order valence-electron chi connectivity index (χ0n) is 16.0. The molecular weight excluding hydrogens is 344 g/mol. The molecule has 2 aliphatic heterocycles. The Balaban J connectivity index is 1.30. The van der Waals surface area contributed by atoms with E-state index in [0.29, 0.717) is 31.5 Å². The van der Waals surface area contributed by atoms with E-state index in [1.807, 2.05) is 0 Å². The molecule has 0 amide bonds.